The van der Waals surface area contributed by atoms with Crippen molar-refractivity contribution in [2.45, 2.75) is 74.6 Å². The minimum absolute atomic E-state index is 0.219. The second-order valence-electron chi connectivity index (χ2n) is 6.06. The summed E-state index contributed by atoms with van der Waals surface area (Å²) >= 11 is 3.50. The van der Waals surface area contributed by atoms with Crippen LogP contribution in [0.15, 0.2) is 0 Å². The Balaban J connectivity index is 1.91. The van der Waals surface area contributed by atoms with Crippen molar-refractivity contribution in [1.29, 1.82) is 0 Å². The Labute approximate surface area is 115 Å². The number of rotatable bonds is 0. The van der Waals surface area contributed by atoms with E-state index in [1.165, 1.54) is 0 Å². The molecule has 1 aliphatic carbocycles. The Morgan fingerprint density at radius 2 is 1.17 bits per heavy atom. The SMILES string of the molecule is CC1(C)O[C@H]2[C@@H]3OC(C)(C)O[C@@H]3[C@H](Br)[C@@H](O)[C@H]2O1. The number of aliphatic hydroxyl groups is 1. The van der Waals surface area contributed by atoms with E-state index >= 15 is 0 Å². The standard InChI is InChI=1S/C12H19BrO5/c1-11(2)15-7-5(13)6(14)8-10(9(7)17-11)18-12(3,4)16-8/h5-10,14H,1-4H3/t5-,6-,7-,8-,9-,10-/m1/s1. The lowest BCUT2D eigenvalue weighted by Crippen LogP contribution is -2.59. The predicted octanol–water partition coefficient (Wildman–Crippen LogP) is 1.16. The van der Waals surface area contributed by atoms with Gasteiger partial charge in [-0.1, -0.05) is 15.9 Å². The van der Waals surface area contributed by atoms with E-state index in [-0.39, 0.29) is 29.2 Å². The van der Waals surface area contributed by atoms with Crippen molar-refractivity contribution in [1.82, 2.24) is 0 Å². The Morgan fingerprint density at radius 3 is 1.72 bits per heavy atom. The molecule has 3 rings (SSSR count). The first-order valence-electron chi connectivity index (χ1n) is 6.24. The maximum atomic E-state index is 10.3. The highest BCUT2D eigenvalue weighted by Crippen LogP contribution is 2.46. The highest BCUT2D eigenvalue weighted by Gasteiger charge is 2.62. The van der Waals surface area contributed by atoms with Crippen molar-refractivity contribution < 1.29 is 24.1 Å². The van der Waals surface area contributed by atoms with Gasteiger partial charge >= 0.3 is 0 Å². The first-order chi connectivity index (χ1) is 8.20. The molecule has 6 heteroatoms. The Morgan fingerprint density at radius 1 is 0.778 bits per heavy atom. The molecular formula is C12H19BrO5. The van der Waals surface area contributed by atoms with Crippen molar-refractivity contribution in [2.75, 3.05) is 0 Å². The van der Waals surface area contributed by atoms with Crippen molar-refractivity contribution in [3.05, 3.63) is 0 Å². The van der Waals surface area contributed by atoms with E-state index in [1.54, 1.807) is 0 Å². The molecule has 0 radical (unpaired) electrons. The summed E-state index contributed by atoms with van der Waals surface area (Å²) in [6.45, 7) is 7.43. The second kappa shape index (κ2) is 3.90. The van der Waals surface area contributed by atoms with Crippen LogP contribution in [0.25, 0.3) is 0 Å². The fraction of sp³-hybridized carbons (Fsp3) is 1.00. The molecule has 0 spiro atoms. The number of hydrogen-bond acceptors (Lipinski definition) is 5. The molecule has 6 atom stereocenters. The van der Waals surface area contributed by atoms with Gasteiger partial charge in [0.15, 0.2) is 11.6 Å². The quantitative estimate of drug-likeness (QED) is 0.678. The predicted molar refractivity (Wildman–Crippen MR) is 66.4 cm³/mol. The minimum atomic E-state index is -0.700. The third-order valence-corrected chi connectivity index (χ3v) is 4.69. The molecule has 104 valence electrons. The molecule has 3 fully saturated rings. The number of alkyl halides is 1. The summed E-state index contributed by atoms with van der Waals surface area (Å²) in [4.78, 5) is -0.219. The Hall–Kier alpha value is 0.280. The first-order valence-corrected chi connectivity index (χ1v) is 7.15. The average Bonchev–Trinajstić information content (AvgIpc) is 2.71. The molecule has 2 heterocycles. The monoisotopic (exact) mass is 322 g/mol. The van der Waals surface area contributed by atoms with Crippen LogP contribution in [0, 0.1) is 0 Å². The van der Waals surface area contributed by atoms with Crippen molar-refractivity contribution in [3.8, 4) is 0 Å². The summed E-state index contributed by atoms with van der Waals surface area (Å²) in [6, 6.07) is 0. The molecule has 2 aliphatic heterocycles. The summed E-state index contributed by atoms with van der Waals surface area (Å²) in [6.07, 6.45) is -1.80. The van der Waals surface area contributed by atoms with E-state index in [0.717, 1.165) is 0 Å². The molecule has 1 saturated carbocycles. The topological polar surface area (TPSA) is 57.2 Å². The van der Waals surface area contributed by atoms with Gasteiger partial charge in [0.05, 0.1) is 10.9 Å². The van der Waals surface area contributed by atoms with Crippen LogP contribution in [0.2, 0.25) is 0 Å². The van der Waals surface area contributed by atoms with Crippen LogP contribution in [-0.4, -0.2) is 52.0 Å². The fourth-order valence-corrected chi connectivity index (χ4v) is 3.74. The van der Waals surface area contributed by atoms with Crippen LogP contribution < -0.4 is 0 Å². The lowest BCUT2D eigenvalue weighted by molar-refractivity contribution is -0.176. The summed E-state index contributed by atoms with van der Waals surface area (Å²) in [5.41, 5.74) is 0. The molecule has 0 amide bonds. The van der Waals surface area contributed by atoms with Crippen LogP contribution in [0.5, 0.6) is 0 Å². The summed E-state index contributed by atoms with van der Waals surface area (Å²) in [7, 11) is 0. The first kappa shape index (κ1) is 13.3. The van der Waals surface area contributed by atoms with Gasteiger partial charge in [0.2, 0.25) is 0 Å². The van der Waals surface area contributed by atoms with Gasteiger partial charge in [0.1, 0.15) is 24.4 Å². The van der Waals surface area contributed by atoms with Gasteiger partial charge in [-0.05, 0) is 27.7 Å². The van der Waals surface area contributed by atoms with Gasteiger partial charge < -0.3 is 24.1 Å². The van der Waals surface area contributed by atoms with E-state index in [1.807, 2.05) is 27.7 Å². The van der Waals surface area contributed by atoms with Crippen molar-refractivity contribution in [2.24, 2.45) is 0 Å². The second-order valence-corrected chi connectivity index (χ2v) is 7.12. The van der Waals surface area contributed by atoms with E-state index < -0.39 is 17.7 Å². The molecule has 0 bridgehead atoms. The third kappa shape index (κ3) is 1.94. The van der Waals surface area contributed by atoms with Crippen LogP contribution in [0.3, 0.4) is 0 Å². The van der Waals surface area contributed by atoms with Gasteiger partial charge in [-0.2, -0.15) is 0 Å². The van der Waals surface area contributed by atoms with Gasteiger partial charge in [0, 0.05) is 0 Å². The van der Waals surface area contributed by atoms with Gasteiger partial charge in [0.25, 0.3) is 0 Å². The molecule has 0 unspecified atom stereocenters. The van der Waals surface area contributed by atoms with Crippen LogP contribution in [0.1, 0.15) is 27.7 Å². The average molecular weight is 323 g/mol. The molecule has 0 aromatic rings. The zero-order chi connectivity index (χ0) is 13.3. The lowest BCUT2D eigenvalue weighted by Gasteiger charge is -2.38. The molecule has 0 aromatic heterocycles. The van der Waals surface area contributed by atoms with E-state index in [4.69, 9.17) is 18.9 Å². The number of aliphatic hydroxyl groups excluding tert-OH is 1. The highest BCUT2D eigenvalue weighted by molar-refractivity contribution is 9.09. The molecule has 18 heavy (non-hydrogen) atoms. The molecule has 3 aliphatic rings. The number of halogens is 1. The van der Waals surface area contributed by atoms with Gasteiger partial charge in [-0.3, -0.25) is 0 Å². The summed E-state index contributed by atoms with van der Waals surface area (Å²) in [5.74, 6) is -1.36. The minimum Gasteiger partial charge on any atom is -0.389 e. The number of fused-ring (bicyclic) bond motifs is 3. The summed E-state index contributed by atoms with van der Waals surface area (Å²) < 4.78 is 23.4. The maximum absolute atomic E-state index is 10.3. The van der Waals surface area contributed by atoms with Crippen LogP contribution >= 0.6 is 15.9 Å². The van der Waals surface area contributed by atoms with Crippen molar-refractivity contribution >= 4 is 15.9 Å². The third-order valence-electron chi connectivity index (χ3n) is 3.63. The van der Waals surface area contributed by atoms with Crippen molar-refractivity contribution in [3.63, 3.8) is 0 Å². The smallest absolute Gasteiger partial charge is 0.164 e. The lowest BCUT2D eigenvalue weighted by atomic mass is 9.87. The largest absolute Gasteiger partial charge is 0.389 e. The molecule has 2 saturated heterocycles. The molecule has 5 nitrogen and oxygen atoms in total. The molecular weight excluding hydrogens is 304 g/mol. The number of hydrogen-bond donors (Lipinski definition) is 1. The maximum Gasteiger partial charge on any atom is 0.164 e. The van der Waals surface area contributed by atoms with Crippen LogP contribution in [0.4, 0.5) is 0 Å². The zero-order valence-electron chi connectivity index (χ0n) is 10.9. The molecule has 1 N–H and O–H groups in total. The van der Waals surface area contributed by atoms with E-state index in [9.17, 15) is 5.11 Å². The Bertz CT molecular complexity index is 324. The molecule has 0 aromatic carbocycles. The fourth-order valence-electron chi connectivity index (χ4n) is 3.03. The zero-order valence-corrected chi connectivity index (χ0v) is 12.5. The Kier molecular flexibility index (Phi) is 2.87. The van der Waals surface area contributed by atoms with Gasteiger partial charge in [-0.15, -0.1) is 0 Å². The van der Waals surface area contributed by atoms with Gasteiger partial charge in [-0.25, -0.2) is 0 Å². The van der Waals surface area contributed by atoms with E-state index in [0.29, 0.717) is 0 Å². The number of ether oxygens (including phenoxy) is 4. The summed E-state index contributed by atoms with van der Waals surface area (Å²) in [5, 5.41) is 10.3. The normalized spacial score (nSPS) is 53.0. The van der Waals surface area contributed by atoms with E-state index in [2.05, 4.69) is 15.9 Å². The highest BCUT2D eigenvalue weighted by atomic mass is 79.9. The van der Waals surface area contributed by atoms with Crippen LogP contribution in [-0.2, 0) is 18.9 Å².